The van der Waals surface area contributed by atoms with Crippen molar-refractivity contribution in [1.29, 1.82) is 0 Å². The maximum Gasteiger partial charge on any atom is 0.220 e. The maximum absolute atomic E-state index is 5.99. The maximum atomic E-state index is 5.99. The Labute approximate surface area is 201 Å². The van der Waals surface area contributed by atoms with Gasteiger partial charge in [0.1, 0.15) is 0 Å². The van der Waals surface area contributed by atoms with Crippen molar-refractivity contribution in [2.24, 2.45) is 5.10 Å². The summed E-state index contributed by atoms with van der Waals surface area (Å²) in [7, 11) is 2.14. The van der Waals surface area contributed by atoms with Gasteiger partial charge in [0.25, 0.3) is 0 Å². The molecule has 2 aromatic heterocycles. The summed E-state index contributed by atoms with van der Waals surface area (Å²) >= 11 is 13.3. The minimum atomic E-state index is 0.556. The third kappa shape index (κ3) is 6.02. The van der Waals surface area contributed by atoms with Crippen LogP contribution in [0, 0.1) is 11.7 Å². The van der Waals surface area contributed by atoms with E-state index in [9.17, 15) is 0 Å². The first-order valence-electron chi connectivity index (χ1n) is 10.3. The molecule has 3 heterocycles. The molecule has 0 aliphatic carbocycles. The molecular formula is C21H25ClN8S2. The molecule has 0 saturated carbocycles. The average molecular weight is 489 g/mol. The summed E-state index contributed by atoms with van der Waals surface area (Å²) in [6.07, 6.45) is 3.53. The average Bonchev–Trinajstić information content (AvgIpc) is 3.08. The lowest BCUT2D eigenvalue weighted by atomic mass is 10.2. The fraction of sp³-hybridized carbons (Fsp3) is 0.381. The first-order valence-corrected chi connectivity index (χ1v) is 12.1. The number of halogens is 1. The van der Waals surface area contributed by atoms with Crippen LogP contribution in [0.2, 0.25) is 5.02 Å². The fourth-order valence-electron chi connectivity index (χ4n) is 3.22. The van der Waals surface area contributed by atoms with E-state index in [2.05, 4.69) is 31.9 Å². The third-order valence-corrected chi connectivity index (χ3v) is 6.60. The molecule has 1 aromatic carbocycles. The van der Waals surface area contributed by atoms with Crippen LogP contribution in [0.15, 0.2) is 46.8 Å². The van der Waals surface area contributed by atoms with Crippen LogP contribution in [0.25, 0.3) is 0 Å². The minimum Gasteiger partial charge on any atom is -0.304 e. The number of nitrogens with zero attached hydrogens (tertiary/aromatic N) is 8. The van der Waals surface area contributed by atoms with Gasteiger partial charge in [-0.1, -0.05) is 35.5 Å². The molecule has 1 aliphatic rings. The molecule has 1 aliphatic heterocycles. The fourth-order valence-corrected chi connectivity index (χ4v) is 4.38. The molecule has 0 radical (unpaired) electrons. The second kappa shape index (κ2) is 10.7. The molecule has 0 amide bonds. The Kier molecular flexibility index (Phi) is 7.69. The normalized spacial score (nSPS) is 15.6. The van der Waals surface area contributed by atoms with Crippen LogP contribution < -0.4 is 0 Å². The van der Waals surface area contributed by atoms with Crippen LogP contribution in [0.4, 0.5) is 0 Å². The van der Waals surface area contributed by atoms with Crippen molar-refractivity contribution in [1.82, 2.24) is 34.2 Å². The summed E-state index contributed by atoms with van der Waals surface area (Å²) in [5.74, 6) is 1.31. The van der Waals surface area contributed by atoms with Gasteiger partial charge in [-0.2, -0.15) is 14.9 Å². The second-order valence-corrected chi connectivity index (χ2v) is 9.38. The van der Waals surface area contributed by atoms with Crippen LogP contribution >= 0.6 is 35.6 Å². The van der Waals surface area contributed by atoms with Crippen molar-refractivity contribution < 1.29 is 0 Å². The summed E-state index contributed by atoms with van der Waals surface area (Å²) in [6, 6.07) is 9.39. The van der Waals surface area contributed by atoms with Crippen molar-refractivity contribution in [3.63, 3.8) is 0 Å². The lowest BCUT2D eigenvalue weighted by Crippen LogP contribution is -2.45. The zero-order valence-corrected chi connectivity index (χ0v) is 20.4. The quantitative estimate of drug-likeness (QED) is 0.218. The molecule has 8 nitrogen and oxygen atoms in total. The molecule has 11 heteroatoms. The minimum absolute atomic E-state index is 0.556. The van der Waals surface area contributed by atoms with E-state index in [1.54, 1.807) is 17.1 Å². The first-order chi connectivity index (χ1) is 15.5. The van der Waals surface area contributed by atoms with Gasteiger partial charge in [0.15, 0.2) is 11.0 Å². The molecule has 1 saturated heterocycles. The van der Waals surface area contributed by atoms with E-state index in [1.807, 2.05) is 41.9 Å². The lowest BCUT2D eigenvalue weighted by molar-refractivity contribution is 0.118. The van der Waals surface area contributed by atoms with E-state index in [0.717, 1.165) is 43.3 Å². The number of benzene rings is 1. The van der Waals surface area contributed by atoms with Crippen molar-refractivity contribution >= 4 is 41.8 Å². The van der Waals surface area contributed by atoms with Gasteiger partial charge in [0, 0.05) is 43.1 Å². The number of hydrogen-bond acceptors (Lipinski definition) is 8. The Morgan fingerprint density at radius 3 is 2.62 bits per heavy atom. The SMILES string of the molecule is Cc1ccnc(SCc2nn(CN3CCN(C)CC3)c(=S)n2/N=C/c2ccc(Cl)cc2)n1. The zero-order chi connectivity index (χ0) is 22.5. The number of hydrogen-bond donors (Lipinski definition) is 0. The molecule has 0 bridgehead atoms. The molecule has 0 spiro atoms. The summed E-state index contributed by atoms with van der Waals surface area (Å²) in [6.45, 7) is 6.65. The van der Waals surface area contributed by atoms with Crippen LogP contribution in [-0.2, 0) is 12.4 Å². The highest BCUT2D eigenvalue weighted by Crippen LogP contribution is 2.19. The largest absolute Gasteiger partial charge is 0.304 e. The Morgan fingerprint density at radius 1 is 1.16 bits per heavy atom. The Bertz CT molecular complexity index is 1130. The standard InChI is InChI=1S/C21H25ClN8S2/c1-16-7-8-23-20(25-16)32-14-19-26-29(15-28-11-9-27(2)10-12-28)21(31)30(19)24-13-17-3-5-18(22)6-4-17/h3-8,13H,9-12,14-15H2,1-2H3/b24-13+. The van der Waals surface area contributed by atoms with E-state index in [0.29, 0.717) is 27.4 Å². The highest BCUT2D eigenvalue weighted by molar-refractivity contribution is 7.98. The molecule has 3 aromatic rings. The van der Waals surface area contributed by atoms with Crippen molar-refractivity contribution in [2.75, 3.05) is 33.2 Å². The molecule has 1 fully saturated rings. The number of rotatable bonds is 7. The van der Waals surface area contributed by atoms with Crippen molar-refractivity contribution in [3.8, 4) is 0 Å². The van der Waals surface area contributed by atoms with Crippen LogP contribution in [-0.4, -0.2) is 73.7 Å². The lowest BCUT2D eigenvalue weighted by Gasteiger charge is -2.31. The molecule has 0 N–H and O–H groups in total. The summed E-state index contributed by atoms with van der Waals surface area (Å²) in [5, 5.41) is 10.8. The number of aromatic nitrogens is 5. The van der Waals surface area contributed by atoms with E-state index in [4.69, 9.17) is 28.9 Å². The summed E-state index contributed by atoms with van der Waals surface area (Å²) < 4.78 is 4.14. The van der Waals surface area contributed by atoms with E-state index in [1.165, 1.54) is 11.8 Å². The molecule has 32 heavy (non-hydrogen) atoms. The number of thioether (sulfide) groups is 1. The molecule has 4 rings (SSSR count). The van der Waals surface area contributed by atoms with Crippen LogP contribution in [0.1, 0.15) is 17.1 Å². The monoisotopic (exact) mass is 488 g/mol. The molecular weight excluding hydrogens is 464 g/mol. The second-order valence-electron chi connectivity index (χ2n) is 7.64. The van der Waals surface area contributed by atoms with Gasteiger partial charge in [-0.3, -0.25) is 4.90 Å². The predicted molar refractivity (Wildman–Crippen MR) is 131 cm³/mol. The zero-order valence-electron chi connectivity index (χ0n) is 18.1. The van der Waals surface area contributed by atoms with Gasteiger partial charge in [0.05, 0.1) is 18.6 Å². The Balaban J connectivity index is 1.58. The van der Waals surface area contributed by atoms with E-state index < -0.39 is 0 Å². The topological polar surface area (TPSA) is 67.4 Å². The van der Waals surface area contributed by atoms with Gasteiger partial charge >= 0.3 is 0 Å². The Morgan fingerprint density at radius 2 is 1.91 bits per heavy atom. The Hall–Kier alpha value is -2.11. The van der Waals surface area contributed by atoms with Gasteiger partial charge in [-0.25, -0.2) is 14.6 Å². The highest BCUT2D eigenvalue weighted by atomic mass is 35.5. The molecule has 0 atom stereocenters. The molecule has 168 valence electrons. The van der Waals surface area contributed by atoms with E-state index in [-0.39, 0.29) is 0 Å². The smallest absolute Gasteiger partial charge is 0.220 e. The highest BCUT2D eigenvalue weighted by Gasteiger charge is 2.17. The first kappa shape index (κ1) is 23.1. The summed E-state index contributed by atoms with van der Waals surface area (Å²) in [5.41, 5.74) is 1.87. The van der Waals surface area contributed by atoms with Crippen molar-refractivity contribution in [2.45, 2.75) is 24.5 Å². The molecule has 0 unspecified atom stereocenters. The van der Waals surface area contributed by atoms with Crippen LogP contribution in [0.3, 0.4) is 0 Å². The van der Waals surface area contributed by atoms with Gasteiger partial charge in [-0.05, 0) is 50.0 Å². The van der Waals surface area contributed by atoms with Crippen molar-refractivity contribution in [3.05, 3.63) is 63.4 Å². The van der Waals surface area contributed by atoms with Gasteiger partial charge in [0.2, 0.25) is 4.77 Å². The number of aryl methyl sites for hydroxylation is 1. The van der Waals surface area contributed by atoms with Gasteiger partial charge in [-0.15, -0.1) is 0 Å². The van der Waals surface area contributed by atoms with E-state index >= 15 is 0 Å². The third-order valence-electron chi connectivity index (χ3n) is 5.11. The van der Waals surface area contributed by atoms with Gasteiger partial charge < -0.3 is 4.90 Å². The number of piperazine rings is 1. The van der Waals surface area contributed by atoms with Crippen LogP contribution in [0.5, 0.6) is 0 Å². The predicted octanol–water partition coefficient (Wildman–Crippen LogP) is 3.55. The summed E-state index contributed by atoms with van der Waals surface area (Å²) in [4.78, 5) is 13.5. The number of likely N-dealkylation sites (N-methyl/N-ethyl adjacent to an activating group) is 1.